The molecule has 0 amide bonds. The molecule has 0 N–H and O–H groups in total. The van der Waals surface area contributed by atoms with Gasteiger partial charge in [-0.3, -0.25) is 0 Å². The molecule has 0 aromatic carbocycles. The van der Waals surface area contributed by atoms with Gasteiger partial charge in [-0.2, -0.15) is 0 Å². The zero-order valence-electron chi connectivity index (χ0n) is 10.4. The van der Waals surface area contributed by atoms with Crippen molar-refractivity contribution in [2.24, 2.45) is 0 Å². The van der Waals surface area contributed by atoms with Gasteiger partial charge in [0.25, 0.3) is 0 Å². The van der Waals surface area contributed by atoms with E-state index in [1.165, 1.54) is 64.2 Å². The van der Waals surface area contributed by atoms with Crippen LogP contribution in [0.5, 0.6) is 0 Å². The minimum absolute atomic E-state index is 0. The van der Waals surface area contributed by atoms with Crippen molar-refractivity contribution in [3.05, 3.63) is 9.95 Å². The SMILES string of the molecule is [C-](=C[Se]C1CCCCC1)[Se]C1CCCCC1.[Cu+]. The first-order valence-electron chi connectivity index (χ1n) is 6.83. The van der Waals surface area contributed by atoms with Gasteiger partial charge in [-0.05, 0) is 0 Å². The summed E-state index contributed by atoms with van der Waals surface area (Å²) in [6.07, 6.45) is 15.0. The minimum Gasteiger partial charge on any atom is 1.00 e. The van der Waals surface area contributed by atoms with Gasteiger partial charge in [-0.15, -0.1) is 0 Å². The average Bonchev–Trinajstić information content (AvgIpc) is 2.37. The van der Waals surface area contributed by atoms with Gasteiger partial charge in [-0.1, -0.05) is 0 Å². The van der Waals surface area contributed by atoms with Gasteiger partial charge in [0.15, 0.2) is 0 Å². The van der Waals surface area contributed by atoms with Gasteiger partial charge < -0.3 is 0 Å². The van der Waals surface area contributed by atoms with Crippen molar-refractivity contribution >= 4 is 29.9 Å². The molecule has 2 rings (SSSR count). The van der Waals surface area contributed by atoms with E-state index in [0.717, 1.165) is 24.6 Å². The van der Waals surface area contributed by atoms with Crippen molar-refractivity contribution in [2.45, 2.75) is 73.8 Å². The Labute approximate surface area is 130 Å². The van der Waals surface area contributed by atoms with Crippen LogP contribution >= 0.6 is 0 Å². The van der Waals surface area contributed by atoms with Crippen molar-refractivity contribution in [3.63, 3.8) is 0 Å². The first-order valence-corrected chi connectivity index (χ1v) is 10.7. The minimum atomic E-state index is 0. The second-order valence-electron chi connectivity index (χ2n) is 5.01. The van der Waals surface area contributed by atoms with E-state index in [9.17, 15) is 0 Å². The molecule has 0 unspecified atom stereocenters. The summed E-state index contributed by atoms with van der Waals surface area (Å²) in [4.78, 5) is 8.23. The van der Waals surface area contributed by atoms with Crippen molar-refractivity contribution in [3.8, 4) is 0 Å². The Kier molecular flexibility index (Phi) is 9.74. The third-order valence-electron chi connectivity index (χ3n) is 3.65. The van der Waals surface area contributed by atoms with Crippen LogP contribution in [0.1, 0.15) is 64.2 Å². The molecule has 2 fully saturated rings. The maximum atomic E-state index is 3.67. The van der Waals surface area contributed by atoms with Crippen LogP contribution in [0.3, 0.4) is 0 Å². The Balaban J connectivity index is 0.00000144. The summed E-state index contributed by atoms with van der Waals surface area (Å²) in [5.41, 5.74) is 0. The number of hydrogen-bond acceptors (Lipinski definition) is 0. The maximum absolute atomic E-state index is 3.67. The molecule has 0 aromatic rings. The van der Waals surface area contributed by atoms with Gasteiger partial charge in [0, 0.05) is 0 Å². The van der Waals surface area contributed by atoms with Gasteiger partial charge in [0.05, 0.1) is 0 Å². The number of rotatable bonds is 4. The molecule has 2 aliphatic carbocycles. The summed E-state index contributed by atoms with van der Waals surface area (Å²) in [5, 5.41) is 0. The molecule has 0 radical (unpaired) electrons. The number of hydrogen-bond donors (Lipinski definition) is 0. The van der Waals surface area contributed by atoms with Crippen LogP contribution < -0.4 is 0 Å². The van der Waals surface area contributed by atoms with Crippen LogP contribution in [0, 0.1) is 4.97 Å². The summed E-state index contributed by atoms with van der Waals surface area (Å²) in [5.74, 6) is 0. The van der Waals surface area contributed by atoms with E-state index in [1.54, 1.807) is 0 Å². The summed E-state index contributed by atoms with van der Waals surface area (Å²) in [6.45, 7) is 0. The van der Waals surface area contributed by atoms with Crippen molar-refractivity contribution < 1.29 is 17.1 Å². The van der Waals surface area contributed by atoms with Crippen LogP contribution in [0.2, 0.25) is 9.63 Å². The molecule has 0 nitrogen and oxygen atoms in total. The second kappa shape index (κ2) is 10.1. The fraction of sp³-hybridized carbons (Fsp3) is 0.857. The van der Waals surface area contributed by atoms with E-state index in [-0.39, 0.29) is 17.1 Å². The molecule has 2 saturated carbocycles. The zero-order valence-corrected chi connectivity index (χ0v) is 14.8. The van der Waals surface area contributed by atoms with Gasteiger partial charge in [0.1, 0.15) is 0 Å². The predicted molar refractivity (Wildman–Crippen MR) is 73.0 cm³/mol. The summed E-state index contributed by atoms with van der Waals surface area (Å²) in [6, 6.07) is 0. The fourth-order valence-electron chi connectivity index (χ4n) is 2.63. The smallest absolute Gasteiger partial charge is 1.00 e. The molecule has 0 spiro atoms. The van der Waals surface area contributed by atoms with Crippen LogP contribution in [0.15, 0.2) is 4.97 Å². The van der Waals surface area contributed by atoms with E-state index in [4.69, 9.17) is 0 Å². The van der Waals surface area contributed by atoms with Gasteiger partial charge in [-0.25, -0.2) is 0 Å². The molecule has 0 atom stereocenters. The normalized spacial score (nSPS) is 23.8. The quantitative estimate of drug-likeness (QED) is 0.480. The topological polar surface area (TPSA) is 0 Å². The fourth-order valence-corrected chi connectivity index (χ4v) is 7.35. The largest absolute Gasteiger partial charge is 1.00 e. The molecular weight excluding hydrogens is 390 g/mol. The Morgan fingerprint density at radius 1 is 0.765 bits per heavy atom. The van der Waals surface area contributed by atoms with E-state index in [2.05, 4.69) is 9.95 Å². The molecular formula is C14H23CuSe2. The van der Waals surface area contributed by atoms with Crippen LogP contribution in [-0.4, -0.2) is 29.9 Å². The molecule has 0 aliphatic heterocycles. The Morgan fingerprint density at radius 3 is 1.88 bits per heavy atom. The monoisotopic (exact) mass is 414 g/mol. The molecule has 2 aliphatic rings. The third kappa shape index (κ3) is 6.86. The first-order chi connectivity index (χ1) is 7.95. The Bertz CT molecular complexity index is 184. The molecule has 0 saturated heterocycles. The summed E-state index contributed by atoms with van der Waals surface area (Å²) >= 11 is 1.48. The van der Waals surface area contributed by atoms with E-state index >= 15 is 0 Å². The predicted octanol–water partition coefficient (Wildman–Crippen LogP) is 4.17. The maximum Gasteiger partial charge on any atom is 1.00 e. The molecule has 0 heterocycles. The molecule has 0 bridgehead atoms. The summed E-state index contributed by atoms with van der Waals surface area (Å²) < 4.78 is 0. The van der Waals surface area contributed by atoms with Crippen molar-refractivity contribution in [2.75, 3.05) is 0 Å². The zero-order chi connectivity index (χ0) is 11.1. The van der Waals surface area contributed by atoms with E-state index in [0.29, 0.717) is 15.0 Å². The molecule has 102 valence electrons. The average molecular weight is 413 g/mol. The van der Waals surface area contributed by atoms with Crippen LogP contribution in [0.4, 0.5) is 0 Å². The van der Waals surface area contributed by atoms with Crippen LogP contribution in [0.25, 0.3) is 0 Å². The summed E-state index contributed by atoms with van der Waals surface area (Å²) in [7, 11) is 0. The molecule has 17 heavy (non-hydrogen) atoms. The Morgan fingerprint density at radius 2 is 1.29 bits per heavy atom. The second-order valence-corrected chi connectivity index (χ2v) is 9.86. The van der Waals surface area contributed by atoms with Gasteiger partial charge in [0.2, 0.25) is 0 Å². The Hall–Kier alpha value is 1.30. The van der Waals surface area contributed by atoms with Gasteiger partial charge >= 0.3 is 131 Å². The van der Waals surface area contributed by atoms with E-state index < -0.39 is 0 Å². The third-order valence-corrected chi connectivity index (χ3v) is 8.95. The van der Waals surface area contributed by atoms with Crippen molar-refractivity contribution in [1.82, 2.24) is 0 Å². The van der Waals surface area contributed by atoms with Crippen LogP contribution in [-0.2, 0) is 17.1 Å². The van der Waals surface area contributed by atoms with E-state index in [1.807, 2.05) is 0 Å². The van der Waals surface area contributed by atoms with Crippen molar-refractivity contribution in [1.29, 1.82) is 0 Å². The molecule has 0 aromatic heterocycles. The standard InChI is InChI=1S/C14H23Se2.Cu/c1-3-7-13(8-4-1)15-11-12-16-14-9-5-2-6-10-14;/h11,13-14H,1-10H2;/q-1;+1. The molecule has 3 heteroatoms. The first kappa shape index (κ1) is 16.4.